The molecular weight excluding hydrogens is 322 g/mol. The Morgan fingerprint density at radius 1 is 0.769 bits per heavy atom. The number of aryl methyl sites for hydroxylation is 1. The van der Waals surface area contributed by atoms with Gasteiger partial charge in [0.1, 0.15) is 17.1 Å². The molecule has 0 aliphatic heterocycles. The normalized spacial score (nSPS) is 10.7. The Bertz CT molecular complexity index is 1000. The fraction of sp³-hybridized carbons (Fsp3) is 0.0909. The summed E-state index contributed by atoms with van der Waals surface area (Å²) in [5.74, 6) is 0.823. The van der Waals surface area contributed by atoms with Gasteiger partial charge in [-0.2, -0.15) is 0 Å². The van der Waals surface area contributed by atoms with Gasteiger partial charge in [0.2, 0.25) is 0 Å². The van der Waals surface area contributed by atoms with Gasteiger partial charge in [-0.05, 0) is 43.3 Å². The SMILES string of the molecule is COc1ccc(-c2c(-c3ccc(C)cc3)nnn2-c2ccccc2)cc1. The molecule has 4 nitrogen and oxygen atoms in total. The molecule has 0 spiro atoms. The van der Waals surface area contributed by atoms with E-state index >= 15 is 0 Å². The molecule has 1 aromatic heterocycles. The van der Waals surface area contributed by atoms with Crippen LogP contribution in [-0.2, 0) is 0 Å². The first kappa shape index (κ1) is 16.1. The molecule has 3 aromatic carbocycles. The second kappa shape index (κ2) is 6.84. The Morgan fingerprint density at radius 2 is 1.42 bits per heavy atom. The van der Waals surface area contributed by atoms with Crippen LogP contribution in [-0.4, -0.2) is 22.1 Å². The van der Waals surface area contributed by atoms with Crippen molar-refractivity contribution in [3.8, 4) is 34.0 Å². The summed E-state index contributed by atoms with van der Waals surface area (Å²) in [6, 6.07) is 26.4. The number of nitrogens with zero attached hydrogens (tertiary/aromatic N) is 3. The van der Waals surface area contributed by atoms with Crippen LogP contribution in [0.5, 0.6) is 5.75 Å². The molecule has 4 aromatic rings. The highest BCUT2D eigenvalue weighted by atomic mass is 16.5. The molecule has 0 saturated carbocycles. The zero-order valence-electron chi connectivity index (χ0n) is 14.8. The van der Waals surface area contributed by atoms with Crippen molar-refractivity contribution in [1.82, 2.24) is 15.0 Å². The van der Waals surface area contributed by atoms with E-state index in [0.29, 0.717) is 0 Å². The van der Waals surface area contributed by atoms with Crippen molar-refractivity contribution in [3.63, 3.8) is 0 Å². The van der Waals surface area contributed by atoms with Gasteiger partial charge >= 0.3 is 0 Å². The lowest BCUT2D eigenvalue weighted by Gasteiger charge is -2.09. The molecule has 0 unspecified atom stereocenters. The molecule has 4 heteroatoms. The molecule has 0 amide bonds. The third kappa shape index (κ3) is 2.97. The number of para-hydroxylation sites is 1. The molecule has 0 aliphatic rings. The van der Waals surface area contributed by atoms with E-state index in [2.05, 4.69) is 41.5 Å². The second-order valence-corrected chi connectivity index (χ2v) is 6.13. The Balaban J connectivity index is 1.92. The molecule has 4 rings (SSSR count). The Hall–Kier alpha value is -3.40. The van der Waals surface area contributed by atoms with E-state index in [1.165, 1.54) is 5.56 Å². The summed E-state index contributed by atoms with van der Waals surface area (Å²) < 4.78 is 7.18. The minimum Gasteiger partial charge on any atom is -0.497 e. The van der Waals surface area contributed by atoms with Gasteiger partial charge in [0, 0.05) is 11.1 Å². The van der Waals surface area contributed by atoms with E-state index in [1.54, 1.807) is 7.11 Å². The van der Waals surface area contributed by atoms with Crippen LogP contribution in [0.15, 0.2) is 78.9 Å². The van der Waals surface area contributed by atoms with Gasteiger partial charge in [-0.3, -0.25) is 0 Å². The molecular formula is C22H19N3O. The van der Waals surface area contributed by atoms with Crippen molar-refractivity contribution >= 4 is 0 Å². The number of aromatic nitrogens is 3. The number of benzene rings is 3. The predicted octanol–water partition coefficient (Wildman–Crippen LogP) is 4.92. The maximum atomic E-state index is 5.29. The first-order valence-electron chi connectivity index (χ1n) is 8.49. The zero-order valence-corrected chi connectivity index (χ0v) is 14.8. The maximum Gasteiger partial charge on any atom is 0.121 e. The lowest BCUT2D eigenvalue weighted by atomic mass is 10.0. The van der Waals surface area contributed by atoms with Crippen molar-refractivity contribution < 1.29 is 4.74 Å². The minimum atomic E-state index is 0.823. The highest BCUT2D eigenvalue weighted by Crippen LogP contribution is 2.33. The summed E-state index contributed by atoms with van der Waals surface area (Å²) in [7, 11) is 1.67. The molecule has 0 bridgehead atoms. The first-order chi connectivity index (χ1) is 12.8. The van der Waals surface area contributed by atoms with Gasteiger partial charge in [0.25, 0.3) is 0 Å². The molecule has 0 atom stereocenters. The van der Waals surface area contributed by atoms with Gasteiger partial charge in [-0.15, -0.1) is 5.10 Å². The van der Waals surface area contributed by atoms with Crippen molar-refractivity contribution in [2.24, 2.45) is 0 Å². The maximum absolute atomic E-state index is 5.29. The number of rotatable bonds is 4. The molecule has 0 radical (unpaired) electrons. The van der Waals surface area contributed by atoms with Crippen molar-refractivity contribution in [1.29, 1.82) is 0 Å². The lowest BCUT2D eigenvalue weighted by Crippen LogP contribution is -1.99. The lowest BCUT2D eigenvalue weighted by molar-refractivity contribution is 0.415. The van der Waals surface area contributed by atoms with Gasteiger partial charge in [0.05, 0.1) is 12.8 Å². The smallest absolute Gasteiger partial charge is 0.121 e. The van der Waals surface area contributed by atoms with E-state index in [0.717, 1.165) is 34.0 Å². The van der Waals surface area contributed by atoms with E-state index in [1.807, 2.05) is 59.3 Å². The van der Waals surface area contributed by atoms with E-state index in [4.69, 9.17) is 4.74 Å². The van der Waals surface area contributed by atoms with E-state index in [9.17, 15) is 0 Å². The number of hydrogen-bond acceptors (Lipinski definition) is 3. The first-order valence-corrected chi connectivity index (χ1v) is 8.49. The fourth-order valence-corrected chi connectivity index (χ4v) is 2.95. The third-order valence-corrected chi connectivity index (χ3v) is 4.36. The molecule has 0 saturated heterocycles. The summed E-state index contributed by atoms with van der Waals surface area (Å²) in [6.07, 6.45) is 0. The van der Waals surface area contributed by atoms with Crippen LogP contribution in [0.4, 0.5) is 0 Å². The molecule has 0 aliphatic carbocycles. The average molecular weight is 341 g/mol. The summed E-state index contributed by atoms with van der Waals surface area (Å²) in [5.41, 5.74) is 6.10. The zero-order chi connectivity index (χ0) is 17.9. The molecule has 0 fully saturated rings. The number of methoxy groups -OCH3 is 1. The van der Waals surface area contributed by atoms with Crippen LogP contribution in [0, 0.1) is 6.92 Å². The summed E-state index contributed by atoms with van der Waals surface area (Å²) >= 11 is 0. The Kier molecular flexibility index (Phi) is 4.23. The minimum absolute atomic E-state index is 0.823. The highest BCUT2D eigenvalue weighted by Gasteiger charge is 2.18. The predicted molar refractivity (Wildman–Crippen MR) is 104 cm³/mol. The standard InChI is InChI=1S/C22H19N3O/c1-16-8-10-17(11-9-16)21-22(18-12-14-20(26-2)15-13-18)25(24-23-21)19-6-4-3-5-7-19/h3-15H,1-2H3. The van der Waals surface area contributed by atoms with Crippen LogP contribution in [0.1, 0.15) is 5.56 Å². The summed E-state index contributed by atoms with van der Waals surface area (Å²) in [5, 5.41) is 8.93. The summed E-state index contributed by atoms with van der Waals surface area (Å²) in [4.78, 5) is 0. The monoisotopic (exact) mass is 341 g/mol. The van der Waals surface area contributed by atoms with Crippen molar-refractivity contribution in [3.05, 3.63) is 84.4 Å². The van der Waals surface area contributed by atoms with E-state index in [-0.39, 0.29) is 0 Å². The van der Waals surface area contributed by atoms with Crippen LogP contribution >= 0.6 is 0 Å². The molecule has 1 heterocycles. The Morgan fingerprint density at radius 3 is 2.08 bits per heavy atom. The van der Waals surface area contributed by atoms with Crippen LogP contribution in [0.25, 0.3) is 28.2 Å². The largest absolute Gasteiger partial charge is 0.497 e. The number of hydrogen-bond donors (Lipinski definition) is 0. The third-order valence-electron chi connectivity index (χ3n) is 4.36. The second-order valence-electron chi connectivity index (χ2n) is 6.13. The van der Waals surface area contributed by atoms with Gasteiger partial charge in [0.15, 0.2) is 0 Å². The molecule has 128 valence electrons. The van der Waals surface area contributed by atoms with Crippen molar-refractivity contribution in [2.45, 2.75) is 6.92 Å². The van der Waals surface area contributed by atoms with Crippen LogP contribution in [0.3, 0.4) is 0 Å². The van der Waals surface area contributed by atoms with E-state index < -0.39 is 0 Å². The van der Waals surface area contributed by atoms with Gasteiger partial charge in [-0.1, -0.05) is 53.2 Å². The molecule has 0 N–H and O–H groups in total. The van der Waals surface area contributed by atoms with Crippen LogP contribution in [0.2, 0.25) is 0 Å². The highest BCUT2D eigenvalue weighted by molar-refractivity contribution is 5.79. The molecule has 26 heavy (non-hydrogen) atoms. The topological polar surface area (TPSA) is 39.9 Å². The average Bonchev–Trinajstić information content (AvgIpc) is 3.14. The van der Waals surface area contributed by atoms with Crippen molar-refractivity contribution in [2.75, 3.05) is 7.11 Å². The quantitative estimate of drug-likeness (QED) is 0.529. The Labute approximate surface area is 152 Å². The fourth-order valence-electron chi connectivity index (χ4n) is 2.95. The summed E-state index contributed by atoms with van der Waals surface area (Å²) in [6.45, 7) is 2.08. The van der Waals surface area contributed by atoms with Crippen LogP contribution < -0.4 is 4.74 Å². The van der Waals surface area contributed by atoms with Gasteiger partial charge in [-0.25, -0.2) is 4.68 Å². The number of ether oxygens (including phenoxy) is 1. The van der Waals surface area contributed by atoms with Gasteiger partial charge < -0.3 is 4.74 Å².